The van der Waals surface area contributed by atoms with Crippen LogP contribution in [-0.4, -0.2) is 44.6 Å². The Balaban J connectivity index is 0.000000362. The molecule has 150 valence electrons. The van der Waals surface area contributed by atoms with Crippen LogP contribution in [0.2, 0.25) is 0 Å². The van der Waals surface area contributed by atoms with Gasteiger partial charge in [0, 0.05) is 0 Å². The van der Waals surface area contributed by atoms with Crippen LogP contribution in [0.15, 0.2) is 24.3 Å². The van der Waals surface area contributed by atoms with E-state index in [-0.39, 0.29) is 25.0 Å². The van der Waals surface area contributed by atoms with Crippen LogP contribution in [0.1, 0.15) is 77.0 Å². The number of rotatable bonds is 3. The minimum absolute atomic E-state index is 0.0325. The minimum Gasteiger partial charge on any atom is -0.481 e. The molecule has 0 spiro atoms. The van der Waals surface area contributed by atoms with Gasteiger partial charge in [-0.1, -0.05) is 24.3 Å². The van der Waals surface area contributed by atoms with Gasteiger partial charge in [-0.25, -0.2) is 0 Å². The van der Waals surface area contributed by atoms with Crippen LogP contribution in [0, 0.1) is 0 Å². The highest BCUT2D eigenvalue weighted by Gasteiger charge is 2.03. The second-order valence-corrected chi connectivity index (χ2v) is 6.55. The zero-order chi connectivity index (χ0) is 19.6. The summed E-state index contributed by atoms with van der Waals surface area (Å²) in [5, 5.41) is 34.2. The summed E-state index contributed by atoms with van der Waals surface area (Å²) in [6.45, 7) is 0. The Morgan fingerprint density at radius 1 is 0.654 bits per heavy atom. The van der Waals surface area contributed by atoms with Gasteiger partial charge < -0.3 is 20.4 Å². The van der Waals surface area contributed by atoms with E-state index in [1.54, 1.807) is 0 Å². The van der Waals surface area contributed by atoms with Gasteiger partial charge in [0.2, 0.25) is 0 Å². The third kappa shape index (κ3) is 18.7. The zero-order valence-corrected chi connectivity index (χ0v) is 15.6. The van der Waals surface area contributed by atoms with Crippen molar-refractivity contribution in [2.24, 2.45) is 0 Å². The molecule has 2 aliphatic carbocycles. The molecular weight excluding hydrogens is 336 g/mol. The maximum atomic E-state index is 9.64. The van der Waals surface area contributed by atoms with Gasteiger partial charge >= 0.3 is 11.9 Å². The second kappa shape index (κ2) is 16.8. The molecule has 0 saturated carbocycles. The number of aliphatic hydroxyl groups is 2. The topological polar surface area (TPSA) is 115 Å². The van der Waals surface area contributed by atoms with E-state index in [4.69, 9.17) is 10.2 Å². The molecule has 2 unspecified atom stereocenters. The molecule has 0 fully saturated rings. The van der Waals surface area contributed by atoms with E-state index in [1.165, 1.54) is 0 Å². The van der Waals surface area contributed by atoms with E-state index in [2.05, 4.69) is 24.3 Å². The number of aliphatic hydroxyl groups excluding tert-OH is 2. The minimum atomic E-state index is -1.08. The van der Waals surface area contributed by atoms with Gasteiger partial charge in [0.05, 0.1) is 25.0 Å². The number of allylic oxidation sites excluding steroid dienone is 4. The molecule has 0 aliphatic heterocycles. The largest absolute Gasteiger partial charge is 0.481 e. The van der Waals surface area contributed by atoms with Crippen LogP contribution >= 0.6 is 0 Å². The zero-order valence-electron chi connectivity index (χ0n) is 15.6. The standard InChI is InChI=1S/2C8H14O.C4H6O4/c2*9-8-6-4-2-1-3-5-7-8;5-3(6)1-2-4(7)8/h2*1-2,8-9H,3-7H2;1-2H2,(H,5,6)(H,7,8). The van der Waals surface area contributed by atoms with Crippen molar-refractivity contribution in [3.63, 3.8) is 0 Å². The van der Waals surface area contributed by atoms with Gasteiger partial charge in [-0.2, -0.15) is 0 Å². The quantitative estimate of drug-likeness (QED) is 0.564. The lowest BCUT2D eigenvalue weighted by Gasteiger charge is -2.09. The van der Waals surface area contributed by atoms with Crippen LogP contribution in [0.3, 0.4) is 0 Å². The summed E-state index contributed by atoms with van der Waals surface area (Å²) in [6, 6.07) is 0. The molecule has 26 heavy (non-hydrogen) atoms. The van der Waals surface area contributed by atoms with Gasteiger partial charge in [0.1, 0.15) is 0 Å². The summed E-state index contributed by atoms with van der Waals surface area (Å²) >= 11 is 0. The highest BCUT2D eigenvalue weighted by atomic mass is 16.4. The lowest BCUT2D eigenvalue weighted by atomic mass is 10.0. The van der Waals surface area contributed by atoms with E-state index in [1.807, 2.05) is 0 Å². The fourth-order valence-corrected chi connectivity index (χ4v) is 2.49. The van der Waals surface area contributed by atoms with Crippen molar-refractivity contribution in [1.82, 2.24) is 0 Å². The van der Waals surface area contributed by atoms with E-state index in [0.29, 0.717) is 0 Å². The first-order valence-electron chi connectivity index (χ1n) is 9.51. The Hall–Kier alpha value is -1.66. The van der Waals surface area contributed by atoms with Crippen LogP contribution in [0.4, 0.5) is 0 Å². The summed E-state index contributed by atoms with van der Waals surface area (Å²) < 4.78 is 0. The molecule has 0 aromatic heterocycles. The Bertz CT molecular complexity index is 390. The smallest absolute Gasteiger partial charge is 0.303 e. The van der Waals surface area contributed by atoms with Crippen molar-refractivity contribution in [2.75, 3.05) is 0 Å². The monoisotopic (exact) mass is 370 g/mol. The molecule has 0 radical (unpaired) electrons. The first-order valence-corrected chi connectivity index (χ1v) is 9.51. The molecule has 0 amide bonds. The van der Waals surface area contributed by atoms with Crippen LogP contribution in [-0.2, 0) is 9.59 Å². The van der Waals surface area contributed by atoms with Crippen molar-refractivity contribution in [3.05, 3.63) is 24.3 Å². The number of carboxylic acid groups (broad SMARTS) is 2. The van der Waals surface area contributed by atoms with Crippen LogP contribution < -0.4 is 0 Å². The van der Waals surface area contributed by atoms with Crippen molar-refractivity contribution in [1.29, 1.82) is 0 Å². The molecule has 2 aliphatic rings. The summed E-state index contributed by atoms with van der Waals surface area (Å²) in [6.07, 6.45) is 18.7. The maximum Gasteiger partial charge on any atom is 0.303 e. The first kappa shape index (κ1) is 24.3. The van der Waals surface area contributed by atoms with Crippen molar-refractivity contribution in [2.45, 2.75) is 89.3 Å². The molecule has 0 aromatic carbocycles. The van der Waals surface area contributed by atoms with Gasteiger partial charge in [-0.15, -0.1) is 0 Å². The molecule has 6 nitrogen and oxygen atoms in total. The fourth-order valence-electron chi connectivity index (χ4n) is 2.49. The molecule has 4 N–H and O–H groups in total. The van der Waals surface area contributed by atoms with E-state index >= 15 is 0 Å². The van der Waals surface area contributed by atoms with Gasteiger partial charge in [-0.3, -0.25) is 9.59 Å². The normalized spacial score (nSPS) is 22.8. The summed E-state index contributed by atoms with van der Waals surface area (Å²) in [5.41, 5.74) is 0. The summed E-state index contributed by atoms with van der Waals surface area (Å²) in [4.78, 5) is 19.3. The van der Waals surface area contributed by atoms with Gasteiger partial charge in [0.25, 0.3) is 0 Å². The molecule has 0 bridgehead atoms. The highest BCUT2D eigenvalue weighted by molar-refractivity contribution is 5.75. The molecule has 2 rings (SSSR count). The van der Waals surface area contributed by atoms with Gasteiger partial charge in [0.15, 0.2) is 0 Å². The number of carbonyl (C=O) groups is 2. The number of hydrogen-bond donors (Lipinski definition) is 4. The fraction of sp³-hybridized carbons (Fsp3) is 0.700. The van der Waals surface area contributed by atoms with Crippen molar-refractivity contribution < 1.29 is 30.0 Å². The Morgan fingerprint density at radius 2 is 1.00 bits per heavy atom. The molecule has 0 saturated heterocycles. The number of aliphatic carboxylic acids is 2. The highest BCUT2D eigenvalue weighted by Crippen LogP contribution is 2.11. The van der Waals surface area contributed by atoms with E-state index in [9.17, 15) is 19.8 Å². The Morgan fingerprint density at radius 3 is 1.35 bits per heavy atom. The summed E-state index contributed by atoms with van der Waals surface area (Å²) in [7, 11) is 0. The lowest BCUT2D eigenvalue weighted by molar-refractivity contribution is -0.143. The van der Waals surface area contributed by atoms with E-state index in [0.717, 1.165) is 64.2 Å². The molecule has 0 heterocycles. The SMILES string of the molecule is O=C(O)CCC(=O)O.OC1CCC=CCCC1.OC1CCC=CCCC1. The third-order valence-electron chi connectivity index (χ3n) is 4.04. The second-order valence-electron chi connectivity index (χ2n) is 6.55. The average Bonchev–Trinajstić information content (AvgIpc) is 2.54. The predicted molar refractivity (Wildman–Crippen MR) is 101 cm³/mol. The van der Waals surface area contributed by atoms with E-state index < -0.39 is 11.9 Å². The first-order chi connectivity index (χ1) is 12.4. The van der Waals surface area contributed by atoms with Crippen LogP contribution in [0.5, 0.6) is 0 Å². The molecule has 0 aromatic rings. The number of carboxylic acids is 2. The number of hydrogen-bond acceptors (Lipinski definition) is 4. The third-order valence-corrected chi connectivity index (χ3v) is 4.04. The maximum absolute atomic E-state index is 9.64. The van der Waals surface area contributed by atoms with Crippen molar-refractivity contribution in [3.8, 4) is 0 Å². The Labute approximate surface area is 156 Å². The summed E-state index contributed by atoms with van der Waals surface area (Å²) in [5.74, 6) is -2.15. The Kier molecular flexibility index (Phi) is 15.7. The van der Waals surface area contributed by atoms with Crippen LogP contribution in [0.25, 0.3) is 0 Å². The molecule has 2 atom stereocenters. The van der Waals surface area contributed by atoms with Crippen molar-refractivity contribution >= 4 is 11.9 Å². The molecular formula is C20H34O6. The molecule has 6 heteroatoms. The predicted octanol–water partition coefficient (Wildman–Crippen LogP) is 3.67. The average molecular weight is 370 g/mol. The van der Waals surface area contributed by atoms with Gasteiger partial charge in [-0.05, 0) is 64.2 Å². The lowest BCUT2D eigenvalue weighted by Crippen LogP contribution is -2.06.